The highest BCUT2D eigenvalue weighted by molar-refractivity contribution is 7.92. The maximum Gasteiger partial charge on any atom is 0.240 e. The molecule has 8 heteroatoms. The van der Waals surface area contributed by atoms with E-state index in [0.29, 0.717) is 24.6 Å². The fourth-order valence-electron chi connectivity index (χ4n) is 3.32. The van der Waals surface area contributed by atoms with Gasteiger partial charge in [-0.3, -0.25) is 9.10 Å². The summed E-state index contributed by atoms with van der Waals surface area (Å²) in [6.07, 6.45) is 4.42. The highest BCUT2D eigenvalue weighted by atomic mass is 32.2. The number of nitrogens with one attached hydrogen (secondary N) is 1. The zero-order valence-electron chi connectivity index (χ0n) is 17.2. The van der Waals surface area contributed by atoms with Gasteiger partial charge >= 0.3 is 0 Å². The van der Waals surface area contributed by atoms with Crippen molar-refractivity contribution in [1.29, 1.82) is 0 Å². The molecule has 0 bridgehead atoms. The molecule has 0 atom stereocenters. The van der Waals surface area contributed by atoms with Crippen molar-refractivity contribution < 1.29 is 17.9 Å². The van der Waals surface area contributed by atoms with Crippen LogP contribution in [-0.2, 0) is 14.8 Å². The molecule has 1 aromatic rings. The van der Waals surface area contributed by atoms with E-state index in [2.05, 4.69) is 17.1 Å². The van der Waals surface area contributed by atoms with E-state index in [1.807, 2.05) is 6.92 Å². The van der Waals surface area contributed by atoms with Crippen LogP contribution >= 0.6 is 0 Å². The van der Waals surface area contributed by atoms with Gasteiger partial charge in [0.2, 0.25) is 15.9 Å². The third-order valence-electron chi connectivity index (χ3n) is 4.97. The molecular weight excluding hydrogens is 378 g/mol. The first kappa shape index (κ1) is 22.5. The SMILES string of the molecule is CCOc1ccccc1N(CC(=O)NCCCN1CCC(C)CC1)S(C)(=O)=O. The number of carbonyl (C=O) groups excluding carboxylic acids is 1. The quantitative estimate of drug-likeness (QED) is 0.597. The average molecular weight is 412 g/mol. The summed E-state index contributed by atoms with van der Waals surface area (Å²) >= 11 is 0. The van der Waals surface area contributed by atoms with Crippen LogP contribution in [0.5, 0.6) is 5.75 Å². The van der Waals surface area contributed by atoms with Crippen LogP contribution in [0, 0.1) is 5.92 Å². The molecule has 0 aliphatic carbocycles. The molecule has 0 aromatic heterocycles. The second-order valence-corrected chi connectivity index (χ2v) is 9.30. The van der Waals surface area contributed by atoms with Crippen LogP contribution in [0.25, 0.3) is 0 Å². The number of carbonyl (C=O) groups is 1. The van der Waals surface area contributed by atoms with Crippen LogP contribution in [0.15, 0.2) is 24.3 Å². The van der Waals surface area contributed by atoms with Gasteiger partial charge < -0.3 is 15.0 Å². The smallest absolute Gasteiger partial charge is 0.240 e. The molecular formula is C20H33N3O4S. The third kappa shape index (κ3) is 6.98. The normalized spacial score (nSPS) is 16.0. The lowest BCUT2D eigenvalue weighted by Gasteiger charge is -2.30. The monoisotopic (exact) mass is 411 g/mol. The molecule has 0 saturated carbocycles. The predicted molar refractivity (Wildman–Crippen MR) is 112 cm³/mol. The Morgan fingerprint density at radius 1 is 1.29 bits per heavy atom. The number of hydrogen-bond donors (Lipinski definition) is 1. The van der Waals surface area contributed by atoms with Gasteiger partial charge in [-0.05, 0) is 63.9 Å². The molecule has 158 valence electrons. The summed E-state index contributed by atoms with van der Waals surface area (Å²) < 4.78 is 31.2. The van der Waals surface area contributed by atoms with Crippen LogP contribution in [0.3, 0.4) is 0 Å². The lowest BCUT2D eigenvalue weighted by Crippen LogP contribution is -2.41. The number of likely N-dealkylation sites (tertiary alicyclic amines) is 1. The van der Waals surface area contributed by atoms with E-state index >= 15 is 0 Å². The van der Waals surface area contributed by atoms with Crippen LogP contribution in [0.2, 0.25) is 0 Å². The molecule has 1 N–H and O–H groups in total. The number of nitrogens with zero attached hydrogens (tertiary/aromatic N) is 2. The maximum absolute atomic E-state index is 12.4. The Balaban J connectivity index is 1.88. The Morgan fingerprint density at radius 2 is 1.96 bits per heavy atom. The molecule has 1 aliphatic rings. The highest BCUT2D eigenvalue weighted by Gasteiger charge is 2.23. The lowest BCUT2D eigenvalue weighted by molar-refractivity contribution is -0.119. The zero-order chi connectivity index (χ0) is 20.6. The number of benzene rings is 1. The Labute approximate surface area is 169 Å². The first-order valence-corrected chi connectivity index (χ1v) is 11.8. The van der Waals surface area contributed by atoms with Crippen LogP contribution in [0.4, 0.5) is 5.69 Å². The van der Waals surface area contributed by atoms with Gasteiger partial charge in [-0.2, -0.15) is 0 Å². The van der Waals surface area contributed by atoms with Crippen molar-refractivity contribution in [3.63, 3.8) is 0 Å². The van der Waals surface area contributed by atoms with Gasteiger partial charge in [-0.1, -0.05) is 19.1 Å². The Bertz CT molecular complexity index is 731. The average Bonchev–Trinajstić information content (AvgIpc) is 2.65. The predicted octanol–water partition coefficient (Wildman–Crippen LogP) is 2.09. The number of sulfonamides is 1. The molecule has 1 amide bonds. The largest absolute Gasteiger partial charge is 0.492 e. The number of rotatable bonds is 10. The number of hydrogen-bond acceptors (Lipinski definition) is 5. The molecule has 1 aliphatic heterocycles. The molecule has 1 aromatic carbocycles. The van der Waals surface area contributed by atoms with Crippen LogP contribution in [0.1, 0.15) is 33.1 Å². The number of para-hydroxylation sites is 2. The van der Waals surface area contributed by atoms with E-state index < -0.39 is 10.0 Å². The van der Waals surface area contributed by atoms with Gasteiger partial charge in [0.15, 0.2) is 0 Å². The van der Waals surface area contributed by atoms with E-state index in [-0.39, 0.29) is 12.5 Å². The van der Waals surface area contributed by atoms with Gasteiger partial charge in [-0.25, -0.2) is 8.42 Å². The van der Waals surface area contributed by atoms with Crippen molar-refractivity contribution >= 4 is 21.6 Å². The van der Waals surface area contributed by atoms with Crippen molar-refractivity contribution in [2.24, 2.45) is 5.92 Å². The molecule has 2 rings (SSSR count). The first-order valence-electron chi connectivity index (χ1n) is 10.00. The maximum atomic E-state index is 12.4. The molecule has 0 radical (unpaired) electrons. The summed E-state index contributed by atoms with van der Waals surface area (Å²) in [6.45, 7) is 7.99. The van der Waals surface area contributed by atoms with Gasteiger partial charge in [-0.15, -0.1) is 0 Å². The molecule has 0 spiro atoms. The van der Waals surface area contributed by atoms with Crippen LogP contribution in [-0.4, -0.2) is 64.8 Å². The first-order chi connectivity index (χ1) is 13.3. The van der Waals surface area contributed by atoms with Crippen LogP contribution < -0.4 is 14.4 Å². The molecule has 0 unspecified atom stereocenters. The van der Waals surface area contributed by atoms with E-state index in [0.717, 1.165) is 42.5 Å². The molecule has 1 saturated heterocycles. The number of amides is 1. The Hall–Kier alpha value is -1.80. The fraction of sp³-hybridized carbons (Fsp3) is 0.650. The molecule has 1 heterocycles. The number of piperidine rings is 1. The molecule has 28 heavy (non-hydrogen) atoms. The minimum Gasteiger partial charge on any atom is -0.492 e. The summed E-state index contributed by atoms with van der Waals surface area (Å²) in [5, 5.41) is 2.84. The van der Waals surface area contributed by atoms with Crippen molar-refractivity contribution in [2.45, 2.75) is 33.1 Å². The number of ether oxygens (including phenoxy) is 1. The minimum atomic E-state index is -3.62. The summed E-state index contributed by atoms with van der Waals surface area (Å²) in [5.41, 5.74) is 0.379. The van der Waals surface area contributed by atoms with Gasteiger partial charge in [0.25, 0.3) is 0 Å². The van der Waals surface area contributed by atoms with E-state index in [1.165, 1.54) is 12.8 Å². The molecule has 7 nitrogen and oxygen atoms in total. The fourth-order valence-corrected chi connectivity index (χ4v) is 4.18. The Kier molecular flexibility index (Phi) is 8.57. The van der Waals surface area contributed by atoms with Crippen molar-refractivity contribution in [1.82, 2.24) is 10.2 Å². The van der Waals surface area contributed by atoms with E-state index in [9.17, 15) is 13.2 Å². The van der Waals surface area contributed by atoms with Gasteiger partial charge in [0.05, 0.1) is 18.6 Å². The lowest BCUT2D eigenvalue weighted by atomic mass is 9.99. The van der Waals surface area contributed by atoms with Crippen molar-refractivity contribution in [3.05, 3.63) is 24.3 Å². The third-order valence-corrected chi connectivity index (χ3v) is 6.10. The highest BCUT2D eigenvalue weighted by Crippen LogP contribution is 2.29. The second kappa shape index (κ2) is 10.7. The summed E-state index contributed by atoms with van der Waals surface area (Å²) in [6, 6.07) is 6.86. The minimum absolute atomic E-state index is 0.260. The Morgan fingerprint density at radius 3 is 2.61 bits per heavy atom. The summed E-state index contributed by atoms with van der Waals surface area (Å²) in [5.74, 6) is 0.934. The van der Waals surface area contributed by atoms with Crippen molar-refractivity contribution in [3.8, 4) is 5.75 Å². The van der Waals surface area contributed by atoms with Gasteiger partial charge in [0.1, 0.15) is 12.3 Å². The van der Waals surface area contributed by atoms with E-state index in [4.69, 9.17) is 4.74 Å². The standard InChI is InChI=1S/C20H33N3O4S/c1-4-27-19-9-6-5-8-18(19)23(28(3,25)26)16-20(24)21-12-7-13-22-14-10-17(2)11-15-22/h5-6,8-9,17H,4,7,10-16H2,1-3H3,(H,21,24). The topological polar surface area (TPSA) is 79.0 Å². The summed E-state index contributed by atoms with van der Waals surface area (Å²) in [4.78, 5) is 14.8. The zero-order valence-corrected chi connectivity index (χ0v) is 18.0. The molecule has 1 fully saturated rings. The second-order valence-electron chi connectivity index (χ2n) is 7.40. The van der Waals surface area contributed by atoms with E-state index in [1.54, 1.807) is 24.3 Å². The number of anilines is 1. The van der Waals surface area contributed by atoms with Gasteiger partial charge in [0, 0.05) is 6.54 Å². The van der Waals surface area contributed by atoms with Crippen molar-refractivity contribution in [2.75, 3.05) is 49.9 Å². The summed E-state index contributed by atoms with van der Waals surface area (Å²) in [7, 11) is -3.62.